The minimum absolute atomic E-state index is 0.441. The van der Waals surface area contributed by atoms with Crippen LogP contribution in [0.4, 0.5) is 0 Å². The second-order valence-corrected chi connectivity index (χ2v) is 5.65. The molecule has 1 aliphatic heterocycles. The van der Waals surface area contributed by atoms with Crippen LogP contribution in [-0.2, 0) is 0 Å². The van der Waals surface area contributed by atoms with Gasteiger partial charge in [-0.25, -0.2) is 0 Å². The topological polar surface area (TPSA) is 27.3 Å². The number of piperazine rings is 1. The molecule has 2 unspecified atom stereocenters. The van der Waals surface area contributed by atoms with E-state index in [1.165, 1.54) is 30.8 Å². The summed E-state index contributed by atoms with van der Waals surface area (Å²) in [7, 11) is 2.07. The van der Waals surface area contributed by atoms with Crippen LogP contribution >= 0.6 is 0 Å². The number of hydrogen-bond donors (Lipinski definition) is 2. The average Bonchev–Trinajstić information content (AvgIpc) is 2.43. The lowest BCUT2D eigenvalue weighted by molar-refractivity contribution is 0.192. The molecule has 0 saturated carbocycles. The van der Waals surface area contributed by atoms with Crippen molar-refractivity contribution in [2.75, 3.05) is 39.8 Å². The number of rotatable bonds is 5. The van der Waals surface area contributed by atoms with Crippen LogP contribution in [0.3, 0.4) is 0 Å². The summed E-state index contributed by atoms with van der Waals surface area (Å²) in [4.78, 5) is 2.57. The maximum Gasteiger partial charge on any atom is 0.0358 e. The first kappa shape index (κ1) is 14.5. The fourth-order valence-electron chi connectivity index (χ4n) is 3.09. The number of nitrogens with zero attached hydrogens (tertiary/aromatic N) is 1. The highest BCUT2D eigenvalue weighted by atomic mass is 15.2. The molecule has 0 amide bonds. The SMILES string of the molecule is CNC(c1ccccc1C)C(C)CN1CCNCC1. The first-order valence-corrected chi connectivity index (χ1v) is 7.38. The summed E-state index contributed by atoms with van der Waals surface area (Å²) >= 11 is 0. The van der Waals surface area contributed by atoms with E-state index in [9.17, 15) is 0 Å². The number of benzene rings is 1. The Bertz CT molecular complexity index is 385. The van der Waals surface area contributed by atoms with E-state index in [1.807, 2.05) is 0 Å². The van der Waals surface area contributed by atoms with E-state index in [1.54, 1.807) is 0 Å². The van der Waals surface area contributed by atoms with E-state index in [2.05, 4.69) is 60.7 Å². The van der Waals surface area contributed by atoms with Gasteiger partial charge in [0.15, 0.2) is 0 Å². The monoisotopic (exact) mass is 261 g/mol. The van der Waals surface area contributed by atoms with Gasteiger partial charge >= 0.3 is 0 Å². The van der Waals surface area contributed by atoms with Crippen molar-refractivity contribution in [2.45, 2.75) is 19.9 Å². The summed E-state index contributed by atoms with van der Waals surface area (Å²) in [5, 5.41) is 6.92. The van der Waals surface area contributed by atoms with E-state index in [-0.39, 0.29) is 0 Å². The lowest BCUT2D eigenvalue weighted by Gasteiger charge is -2.33. The van der Waals surface area contributed by atoms with Crippen molar-refractivity contribution in [1.29, 1.82) is 0 Å². The molecule has 0 aromatic heterocycles. The van der Waals surface area contributed by atoms with Crippen molar-refractivity contribution >= 4 is 0 Å². The molecule has 106 valence electrons. The third-order valence-corrected chi connectivity index (χ3v) is 4.16. The zero-order valence-corrected chi connectivity index (χ0v) is 12.4. The normalized spacial score (nSPS) is 20.2. The van der Waals surface area contributed by atoms with Gasteiger partial charge in [-0.15, -0.1) is 0 Å². The molecule has 1 aliphatic rings. The second-order valence-electron chi connectivity index (χ2n) is 5.65. The second kappa shape index (κ2) is 7.04. The van der Waals surface area contributed by atoms with Crippen LogP contribution in [0, 0.1) is 12.8 Å². The predicted octanol–water partition coefficient (Wildman–Crippen LogP) is 1.80. The molecule has 2 N–H and O–H groups in total. The number of nitrogens with one attached hydrogen (secondary N) is 2. The molecule has 1 heterocycles. The minimum Gasteiger partial charge on any atom is -0.314 e. The Morgan fingerprint density at radius 1 is 1.26 bits per heavy atom. The van der Waals surface area contributed by atoms with E-state index in [0.29, 0.717) is 12.0 Å². The lowest BCUT2D eigenvalue weighted by atomic mass is 9.91. The smallest absolute Gasteiger partial charge is 0.0358 e. The van der Waals surface area contributed by atoms with E-state index in [0.717, 1.165) is 13.1 Å². The van der Waals surface area contributed by atoms with E-state index in [4.69, 9.17) is 0 Å². The van der Waals surface area contributed by atoms with Gasteiger partial charge in [-0.2, -0.15) is 0 Å². The quantitative estimate of drug-likeness (QED) is 0.846. The van der Waals surface area contributed by atoms with Crippen molar-refractivity contribution < 1.29 is 0 Å². The van der Waals surface area contributed by atoms with Crippen LogP contribution in [0.5, 0.6) is 0 Å². The number of aryl methyl sites for hydroxylation is 1. The van der Waals surface area contributed by atoms with Crippen molar-refractivity contribution in [1.82, 2.24) is 15.5 Å². The van der Waals surface area contributed by atoms with E-state index >= 15 is 0 Å². The molecule has 1 fully saturated rings. The molecule has 0 aliphatic carbocycles. The standard InChI is InChI=1S/C16H27N3/c1-13-6-4-5-7-15(13)16(17-3)14(2)12-19-10-8-18-9-11-19/h4-7,14,16-18H,8-12H2,1-3H3. The minimum atomic E-state index is 0.441. The maximum atomic E-state index is 3.51. The molecule has 19 heavy (non-hydrogen) atoms. The molecule has 3 heteroatoms. The Morgan fingerprint density at radius 2 is 1.95 bits per heavy atom. The van der Waals surface area contributed by atoms with Crippen LogP contribution < -0.4 is 10.6 Å². The highest BCUT2D eigenvalue weighted by Crippen LogP contribution is 2.25. The van der Waals surface area contributed by atoms with E-state index < -0.39 is 0 Å². The van der Waals surface area contributed by atoms with Crippen LogP contribution in [-0.4, -0.2) is 44.7 Å². The molecule has 3 nitrogen and oxygen atoms in total. The molecule has 0 spiro atoms. The summed E-state index contributed by atoms with van der Waals surface area (Å²) in [6.07, 6.45) is 0. The summed E-state index contributed by atoms with van der Waals surface area (Å²) in [5.74, 6) is 0.615. The molecule has 1 aromatic carbocycles. The summed E-state index contributed by atoms with van der Waals surface area (Å²) in [5.41, 5.74) is 2.82. The fourth-order valence-corrected chi connectivity index (χ4v) is 3.09. The van der Waals surface area contributed by atoms with Gasteiger partial charge in [-0.1, -0.05) is 31.2 Å². The number of hydrogen-bond acceptors (Lipinski definition) is 3. The van der Waals surface area contributed by atoms with Crippen LogP contribution in [0.1, 0.15) is 24.1 Å². The molecule has 0 bridgehead atoms. The van der Waals surface area contributed by atoms with Gasteiger partial charge in [0.25, 0.3) is 0 Å². The predicted molar refractivity (Wildman–Crippen MR) is 81.5 cm³/mol. The van der Waals surface area contributed by atoms with Gasteiger partial charge in [0.2, 0.25) is 0 Å². The third-order valence-electron chi connectivity index (χ3n) is 4.16. The fraction of sp³-hybridized carbons (Fsp3) is 0.625. The van der Waals surface area contributed by atoms with Crippen LogP contribution in [0.25, 0.3) is 0 Å². The Labute approximate surface area is 117 Å². The molecular formula is C16H27N3. The summed E-state index contributed by atoms with van der Waals surface area (Å²) < 4.78 is 0. The molecule has 2 rings (SSSR count). The Kier molecular flexibility index (Phi) is 5.37. The summed E-state index contributed by atoms with van der Waals surface area (Å²) in [6, 6.07) is 9.16. The first-order valence-electron chi connectivity index (χ1n) is 7.38. The molecular weight excluding hydrogens is 234 g/mol. The van der Waals surface area contributed by atoms with Gasteiger partial charge in [-0.3, -0.25) is 0 Å². The highest BCUT2D eigenvalue weighted by Gasteiger charge is 2.22. The van der Waals surface area contributed by atoms with Gasteiger partial charge < -0.3 is 15.5 Å². The van der Waals surface area contributed by atoms with Crippen molar-refractivity contribution in [3.8, 4) is 0 Å². The largest absolute Gasteiger partial charge is 0.314 e. The zero-order chi connectivity index (χ0) is 13.7. The Hall–Kier alpha value is -0.900. The first-order chi connectivity index (χ1) is 9.22. The maximum absolute atomic E-state index is 3.51. The molecule has 1 aromatic rings. The van der Waals surface area contributed by atoms with Crippen molar-refractivity contribution in [2.24, 2.45) is 5.92 Å². The van der Waals surface area contributed by atoms with Crippen LogP contribution in [0.2, 0.25) is 0 Å². The van der Waals surface area contributed by atoms with Gasteiger partial charge in [0.1, 0.15) is 0 Å². The van der Waals surface area contributed by atoms with Crippen molar-refractivity contribution in [3.05, 3.63) is 35.4 Å². The molecule has 1 saturated heterocycles. The molecule has 0 radical (unpaired) electrons. The lowest BCUT2D eigenvalue weighted by Crippen LogP contribution is -2.46. The van der Waals surface area contributed by atoms with Crippen molar-refractivity contribution in [3.63, 3.8) is 0 Å². The molecule has 2 atom stereocenters. The van der Waals surface area contributed by atoms with Gasteiger partial charge in [-0.05, 0) is 31.0 Å². The Balaban J connectivity index is 2.02. The highest BCUT2D eigenvalue weighted by molar-refractivity contribution is 5.29. The zero-order valence-electron chi connectivity index (χ0n) is 12.4. The third kappa shape index (κ3) is 3.78. The van der Waals surface area contributed by atoms with Gasteiger partial charge in [0.05, 0.1) is 0 Å². The summed E-state index contributed by atoms with van der Waals surface area (Å²) in [6.45, 7) is 10.3. The van der Waals surface area contributed by atoms with Crippen LogP contribution in [0.15, 0.2) is 24.3 Å². The average molecular weight is 261 g/mol. The van der Waals surface area contributed by atoms with Gasteiger partial charge in [0, 0.05) is 38.8 Å². The Morgan fingerprint density at radius 3 is 2.58 bits per heavy atom.